The van der Waals surface area contributed by atoms with Crippen LogP contribution in [0.5, 0.6) is 0 Å². The van der Waals surface area contributed by atoms with Gasteiger partial charge in [0.25, 0.3) is 0 Å². The lowest BCUT2D eigenvalue weighted by Gasteiger charge is -2.13. The van der Waals surface area contributed by atoms with E-state index < -0.39 is 18.2 Å². The van der Waals surface area contributed by atoms with Crippen LogP contribution in [0.25, 0.3) is 6.08 Å². The van der Waals surface area contributed by atoms with E-state index in [2.05, 4.69) is 0 Å². The fourth-order valence-corrected chi connectivity index (χ4v) is 1.05. The highest BCUT2D eigenvalue weighted by Crippen LogP contribution is 2.03. The lowest BCUT2D eigenvalue weighted by molar-refractivity contribution is -0.146. The molecule has 0 aliphatic heterocycles. The molecule has 3 nitrogen and oxygen atoms in total. The minimum absolute atomic E-state index is 0.447. The van der Waals surface area contributed by atoms with Crippen molar-refractivity contribution < 1.29 is 14.6 Å². The van der Waals surface area contributed by atoms with Crippen LogP contribution in [0.4, 0.5) is 0 Å². The molecule has 0 amide bonds. The molecule has 86 valence electrons. The van der Waals surface area contributed by atoms with Gasteiger partial charge in [-0.1, -0.05) is 30.3 Å². The van der Waals surface area contributed by atoms with Crippen LogP contribution < -0.4 is 0 Å². The number of hydrogen-bond acceptors (Lipinski definition) is 3. The van der Waals surface area contributed by atoms with Crippen molar-refractivity contribution in [3.63, 3.8) is 0 Å². The summed E-state index contributed by atoms with van der Waals surface area (Å²) in [5, 5.41) is 9.15. The van der Waals surface area contributed by atoms with E-state index in [1.165, 1.54) is 6.08 Å². The zero-order valence-corrected chi connectivity index (χ0v) is 9.46. The van der Waals surface area contributed by atoms with E-state index in [0.717, 1.165) is 5.56 Å². The molecule has 0 fully saturated rings. The van der Waals surface area contributed by atoms with Crippen molar-refractivity contribution in [1.82, 2.24) is 0 Å². The van der Waals surface area contributed by atoms with Gasteiger partial charge in [-0.2, -0.15) is 0 Å². The average Bonchev–Trinajstić information content (AvgIpc) is 2.27. The molecule has 0 aromatic heterocycles. The highest BCUT2D eigenvalue weighted by Gasteiger charge is 2.11. The lowest BCUT2D eigenvalue weighted by atomic mass is 10.2. The molecule has 0 bridgehead atoms. The number of ether oxygens (including phenoxy) is 1. The Hall–Kier alpha value is -1.61. The van der Waals surface area contributed by atoms with E-state index in [-0.39, 0.29) is 0 Å². The van der Waals surface area contributed by atoms with Gasteiger partial charge in [-0.25, -0.2) is 4.79 Å². The highest BCUT2D eigenvalue weighted by molar-refractivity contribution is 5.87. The zero-order chi connectivity index (χ0) is 12.0. The van der Waals surface area contributed by atoms with Crippen molar-refractivity contribution >= 4 is 12.0 Å². The first-order valence-electron chi connectivity index (χ1n) is 5.21. The summed E-state index contributed by atoms with van der Waals surface area (Å²) in [6, 6.07) is 9.47. The van der Waals surface area contributed by atoms with Crippen LogP contribution in [0, 0.1) is 0 Å². The summed E-state index contributed by atoms with van der Waals surface area (Å²) in [6.45, 7) is 3.23. The summed E-state index contributed by atoms with van der Waals surface area (Å²) in [7, 11) is 0. The molecule has 0 radical (unpaired) electrons. The summed E-state index contributed by atoms with van der Waals surface area (Å²) in [5.74, 6) is -0.447. The highest BCUT2D eigenvalue weighted by atomic mass is 16.6. The number of esters is 1. The van der Waals surface area contributed by atoms with Gasteiger partial charge >= 0.3 is 5.97 Å². The Labute approximate surface area is 95.4 Å². The van der Waals surface area contributed by atoms with E-state index >= 15 is 0 Å². The largest absolute Gasteiger partial charge is 0.457 e. The third-order valence-electron chi connectivity index (χ3n) is 2.19. The van der Waals surface area contributed by atoms with Crippen LogP contribution in [0.3, 0.4) is 0 Å². The number of carbonyl (C=O) groups excluding carboxylic acids is 1. The fraction of sp³-hybridized carbons (Fsp3) is 0.308. The fourth-order valence-electron chi connectivity index (χ4n) is 1.05. The monoisotopic (exact) mass is 220 g/mol. The molecule has 0 aliphatic rings. The van der Waals surface area contributed by atoms with Crippen molar-refractivity contribution in [2.24, 2.45) is 0 Å². The third kappa shape index (κ3) is 4.28. The Morgan fingerprint density at radius 1 is 1.31 bits per heavy atom. The predicted molar refractivity (Wildman–Crippen MR) is 62.7 cm³/mol. The van der Waals surface area contributed by atoms with Gasteiger partial charge in [-0.3, -0.25) is 0 Å². The smallest absolute Gasteiger partial charge is 0.331 e. The second-order valence-electron chi connectivity index (χ2n) is 3.63. The van der Waals surface area contributed by atoms with E-state index in [1.54, 1.807) is 19.9 Å². The Morgan fingerprint density at radius 3 is 2.50 bits per heavy atom. The van der Waals surface area contributed by atoms with Crippen LogP contribution in [-0.4, -0.2) is 23.3 Å². The van der Waals surface area contributed by atoms with Crippen LogP contribution in [0.1, 0.15) is 19.4 Å². The molecule has 0 aliphatic carbocycles. The molecular formula is C13H16O3. The second-order valence-corrected chi connectivity index (χ2v) is 3.63. The summed E-state index contributed by atoms with van der Waals surface area (Å²) in [6.07, 6.45) is 1.88. The maximum absolute atomic E-state index is 11.3. The maximum Gasteiger partial charge on any atom is 0.331 e. The maximum atomic E-state index is 11.3. The Kier molecular flexibility index (Phi) is 4.73. The van der Waals surface area contributed by atoms with Gasteiger partial charge in [0.2, 0.25) is 0 Å². The van der Waals surface area contributed by atoms with Gasteiger partial charge in [0, 0.05) is 6.08 Å². The third-order valence-corrected chi connectivity index (χ3v) is 2.19. The lowest BCUT2D eigenvalue weighted by Crippen LogP contribution is -2.24. The number of aliphatic hydroxyl groups is 1. The molecule has 2 unspecified atom stereocenters. The molecule has 0 spiro atoms. The van der Waals surface area contributed by atoms with Gasteiger partial charge in [0.15, 0.2) is 0 Å². The zero-order valence-electron chi connectivity index (χ0n) is 9.46. The summed E-state index contributed by atoms with van der Waals surface area (Å²) >= 11 is 0. The molecule has 3 heteroatoms. The van der Waals surface area contributed by atoms with E-state index in [9.17, 15) is 4.79 Å². The summed E-state index contributed by atoms with van der Waals surface area (Å²) in [5.41, 5.74) is 0.934. The minimum atomic E-state index is -0.658. The van der Waals surface area contributed by atoms with Gasteiger partial charge in [-0.15, -0.1) is 0 Å². The van der Waals surface area contributed by atoms with Crippen molar-refractivity contribution in [3.05, 3.63) is 42.0 Å². The molecule has 0 heterocycles. The molecule has 1 aromatic rings. The summed E-state index contributed by atoms with van der Waals surface area (Å²) in [4.78, 5) is 11.3. The Balaban J connectivity index is 2.49. The molecular weight excluding hydrogens is 204 g/mol. The SMILES string of the molecule is CC(O)C(C)OC(=O)C=Cc1ccccc1. The number of rotatable bonds is 4. The number of carbonyl (C=O) groups is 1. The predicted octanol–water partition coefficient (Wildman–Crippen LogP) is 2.01. The quantitative estimate of drug-likeness (QED) is 0.623. The molecule has 0 saturated carbocycles. The van der Waals surface area contributed by atoms with Gasteiger partial charge in [0.1, 0.15) is 6.10 Å². The van der Waals surface area contributed by atoms with E-state index in [1.807, 2.05) is 30.3 Å². The number of aliphatic hydroxyl groups excluding tert-OH is 1. The van der Waals surface area contributed by atoms with E-state index in [0.29, 0.717) is 0 Å². The number of benzene rings is 1. The minimum Gasteiger partial charge on any atom is -0.457 e. The Bertz CT molecular complexity index is 355. The normalized spacial score (nSPS) is 14.7. The molecule has 16 heavy (non-hydrogen) atoms. The molecule has 2 atom stereocenters. The van der Waals surface area contributed by atoms with Crippen molar-refractivity contribution in [2.75, 3.05) is 0 Å². The van der Waals surface area contributed by atoms with Crippen molar-refractivity contribution in [2.45, 2.75) is 26.1 Å². The number of hydrogen-bond donors (Lipinski definition) is 1. The first-order chi connectivity index (χ1) is 7.59. The standard InChI is InChI=1S/C13H16O3/c1-10(14)11(2)16-13(15)9-8-12-6-4-3-5-7-12/h3-11,14H,1-2H3. The second kappa shape index (κ2) is 6.08. The average molecular weight is 220 g/mol. The van der Waals surface area contributed by atoms with Gasteiger partial charge in [0.05, 0.1) is 6.10 Å². The van der Waals surface area contributed by atoms with Crippen LogP contribution in [0.2, 0.25) is 0 Å². The first-order valence-corrected chi connectivity index (χ1v) is 5.21. The Morgan fingerprint density at radius 2 is 1.94 bits per heavy atom. The topological polar surface area (TPSA) is 46.5 Å². The van der Waals surface area contributed by atoms with Gasteiger partial charge in [-0.05, 0) is 25.5 Å². The molecule has 0 saturated heterocycles. The molecule has 1 N–H and O–H groups in total. The van der Waals surface area contributed by atoms with Crippen LogP contribution in [-0.2, 0) is 9.53 Å². The molecule has 1 rings (SSSR count). The van der Waals surface area contributed by atoms with Crippen molar-refractivity contribution in [1.29, 1.82) is 0 Å². The van der Waals surface area contributed by atoms with Gasteiger partial charge < -0.3 is 9.84 Å². The first kappa shape index (κ1) is 12.5. The van der Waals surface area contributed by atoms with Crippen LogP contribution >= 0.6 is 0 Å². The van der Waals surface area contributed by atoms with E-state index in [4.69, 9.17) is 9.84 Å². The van der Waals surface area contributed by atoms with Crippen molar-refractivity contribution in [3.8, 4) is 0 Å². The summed E-state index contributed by atoms with van der Waals surface area (Å²) < 4.78 is 4.96. The molecule has 1 aromatic carbocycles. The van der Waals surface area contributed by atoms with Crippen LogP contribution in [0.15, 0.2) is 36.4 Å².